The van der Waals surface area contributed by atoms with E-state index < -0.39 is 75.9 Å². The van der Waals surface area contributed by atoms with Crippen molar-refractivity contribution in [1.29, 1.82) is 0 Å². The zero-order chi connectivity index (χ0) is 34.7. The van der Waals surface area contributed by atoms with Crippen LogP contribution in [0.3, 0.4) is 0 Å². The van der Waals surface area contributed by atoms with Gasteiger partial charge in [0.1, 0.15) is 28.6 Å². The van der Waals surface area contributed by atoms with E-state index in [-0.39, 0.29) is 38.5 Å². The number of carboxylic acid groups (broad SMARTS) is 1. The fraction of sp³-hybridized carbons (Fsp3) is 0.812. The summed E-state index contributed by atoms with van der Waals surface area (Å²) in [5.41, 5.74) is -2.66. The molecular formula is C32H56N2O10. The SMILES string of the molecule is CC(C)(C)OC(=O)CC[C@H](CC(=O)CC[C@H](NC(=O)N[C@@H](CCC(=O)OC(C)(C)C)C(C)(C)C)C(=O)OC(C)(C)C)C(=O)O. The van der Waals surface area contributed by atoms with E-state index in [1.807, 2.05) is 20.8 Å². The van der Waals surface area contributed by atoms with Gasteiger partial charge < -0.3 is 30.0 Å². The highest BCUT2D eigenvalue weighted by atomic mass is 16.6. The Kier molecular flexibility index (Phi) is 15.6. The van der Waals surface area contributed by atoms with E-state index in [4.69, 9.17) is 14.2 Å². The molecule has 0 unspecified atom stereocenters. The van der Waals surface area contributed by atoms with E-state index in [0.717, 1.165) is 0 Å². The van der Waals surface area contributed by atoms with Gasteiger partial charge in [0.25, 0.3) is 0 Å². The molecule has 0 aliphatic carbocycles. The molecule has 0 heterocycles. The van der Waals surface area contributed by atoms with Crippen molar-refractivity contribution in [3.05, 3.63) is 0 Å². The normalized spacial score (nSPS) is 14.5. The molecule has 0 saturated heterocycles. The maximum Gasteiger partial charge on any atom is 0.329 e. The number of Topliss-reactive ketones (excluding diaryl/α,β-unsaturated/α-hetero) is 1. The van der Waals surface area contributed by atoms with E-state index in [1.165, 1.54) is 0 Å². The minimum Gasteiger partial charge on any atom is -0.481 e. The zero-order valence-electron chi connectivity index (χ0n) is 28.8. The van der Waals surface area contributed by atoms with Crippen molar-refractivity contribution >= 4 is 35.7 Å². The fourth-order valence-electron chi connectivity index (χ4n) is 4.04. The number of urea groups is 1. The molecule has 0 aliphatic rings. The smallest absolute Gasteiger partial charge is 0.329 e. The number of esters is 3. The highest BCUT2D eigenvalue weighted by molar-refractivity contribution is 5.87. The largest absolute Gasteiger partial charge is 0.481 e. The highest BCUT2D eigenvalue weighted by Gasteiger charge is 2.32. The molecule has 12 nitrogen and oxygen atoms in total. The third-order valence-corrected chi connectivity index (χ3v) is 6.06. The molecule has 254 valence electrons. The minimum atomic E-state index is -1.22. The Labute approximate surface area is 262 Å². The van der Waals surface area contributed by atoms with Crippen molar-refractivity contribution < 1.29 is 48.1 Å². The number of carbonyl (C=O) groups is 6. The summed E-state index contributed by atoms with van der Waals surface area (Å²) in [6.45, 7) is 21.1. The second-order valence-corrected chi connectivity index (χ2v) is 15.2. The average Bonchev–Trinajstić information content (AvgIpc) is 2.77. The van der Waals surface area contributed by atoms with Gasteiger partial charge in [0, 0.05) is 31.7 Å². The summed E-state index contributed by atoms with van der Waals surface area (Å²) >= 11 is 0. The molecule has 0 rings (SSSR count). The van der Waals surface area contributed by atoms with Gasteiger partial charge in [-0.05, 0) is 87.0 Å². The first-order chi connectivity index (χ1) is 19.7. The van der Waals surface area contributed by atoms with Crippen molar-refractivity contribution in [3.63, 3.8) is 0 Å². The zero-order valence-corrected chi connectivity index (χ0v) is 28.8. The maximum absolute atomic E-state index is 13.1. The van der Waals surface area contributed by atoms with Gasteiger partial charge in [-0.2, -0.15) is 0 Å². The number of ether oxygens (including phenoxy) is 3. The fourth-order valence-corrected chi connectivity index (χ4v) is 4.04. The first-order valence-corrected chi connectivity index (χ1v) is 15.2. The summed E-state index contributed by atoms with van der Waals surface area (Å²) in [6, 6.07) is -2.34. The van der Waals surface area contributed by atoms with Gasteiger partial charge in [-0.15, -0.1) is 0 Å². The number of aliphatic carboxylic acids is 1. The van der Waals surface area contributed by atoms with Crippen LogP contribution in [0.1, 0.15) is 128 Å². The standard InChI is InChI=1S/C32H56N2O10/c1-29(2,3)23(16-18-25(37)43-31(7,8)9)34-28(41)33-22(27(40)44-32(10,11)12)15-14-21(35)19-20(26(38)39)13-17-24(36)42-30(4,5)6/h20,22-23H,13-19H2,1-12H3,(H,38,39)(H2,33,34,41)/t20-,22+,23+/m1/s1. The second kappa shape index (κ2) is 16.8. The monoisotopic (exact) mass is 628 g/mol. The summed E-state index contributed by atoms with van der Waals surface area (Å²) < 4.78 is 16.0. The Morgan fingerprint density at radius 3 is 1.48 bits per heavy atom. The molecule has 0 aromatic heterocycles. The molecule has 0 saturated carbocycles. The van der Waals surface area contributed by atoms with E-state index >= 15 is 0 Å². The maximum atomic E-state index is 13.1. The number of carboxylic acids is 1. The topological polar surface area (TPSA) is 174 Å². The van der Waals surface area contributed by atoms with Gasteiger partial charge in [-0.1, -0.05) is 20.8 Å². The second-order valence-electron chi connectivity index (χ2n) is 15.2. The minimum absolute atomic E-state index is 0.0716. The van der Waals surface area contributed by atoms with Crippen LogP contribution in [-0.4, -0.2) is 69.7 Å². The van der Waals surface area contributed by atoms with Gasteiger partial charge in [0.2, 0.25) is 0 Å². The number of nitrogens with one attached hydrogen (secondary N) is 2. The van der Waals surface area contributed by atoms with Crippen LogP contribution in [0.4, 0.5) is 4.79 Å². The van der Waals surface area contributed by atoms with Gasteiger partial charge in [-0.25, -0.2) is 9.59 Å². The Morgan fingerprint density at radius 2 is 1.07 bits per heavy atom. The first-order valence-electron chi connectivity index (χ1n) is 15.2. The van der Waals surface area contributed by atoms with Crippen LogP contribution in [0.15, 0.2) is 0 Å². The predicted molar refractivity (Wildman–Crippen MR) is 165 cm³/mol. The molecule has 12 heteroatoms. The number of hydrogen-bond donors (Lipinski definition) is 3. The molecule has 0 spiro atoms. The molecule has 0 fully saturated rings. The molecule has 3 atom stereocenters. The van der Waals surface area contributed by atoms with Gasteiger partial charge in [-0.3, -0.25) is 19.2 Å². The summed E-state index contributed by atoms with van der Waals surface area (Å²) in [5.74, 6) is -4.48. The average molecular weight is 629 g/mol. The lowest BCUT2D eigenvalue weighted by atomic mass is 9.84. The number of amides is 2. The number of rotatable bonds is 15. The molecule has 3 N–H and O–H groups in total. The summed E-state index contributed by atoms with van der Waals surface area (Å²) in [4.78, 5) is 74.9. The van der Waals surface area contributed by atoms with Crippen molar-refractivity contribution in [2.75, 3.05) is 0 Å². The Balaban J connectivity index is 5.47. The molecule has 0 aliphatic heterocycles. The lowest BCUT2D eigenvalue weighted by Gasteiger charge is -2.32. The Morgan fingerprint density at radius 1 is 0.614 bits per heavy atom. The number of ketones is 1. The molecule has 0 radical (unpaired) electrons. The van der Waals surface area contributed by atoms with Crippen LogP contribution in [-0.2, 0) is 38.2 Å². The lowest BCUT2D eigenvalue weighted by molar-refractivity contribution is -0.158. The quantitative estimate of drug-likeness (QED) is 0.164. The highest BCUT2D eigenvalue weighted by Crippen LogP contribution is 2.24. The van der Waals surface area contributed by atoms with Crippen LogP contribution >= 0.6 is 0 Å². The molecule has 44 heavy (non-hydrogen) atoms. The first kappa shape index (κ1) is 40.8. The van der Waals surface area contributed by atoms with Crippen molar-refractivity contribution in [3.8, 4) is 0 Å². The molecule has 2 amide bonds. The van der Waals surface area contributed by atoms with Crippen LogP contribution in [0, 0.1) is 11.3 Å². The van der Waals surface area contributed by atoms with E-state index in [0.29, 0.717) is 6.42 Å². The van der Waals surface area contributed by atoms with Crippen molar-refractivity contribution in [2.45, 2.75) is 157 Å². The van der Waals surface area contributed by atoms with Crippen LogP contribution in [0.2, 0.25) is 0 Å². The third-order valence-electron chi connectivity index (χ3n) is 6.06. The summed E-state index contributed by atoms with van der Waals surface area (Å²) in [7, 11) is 0. The van der Waals surface area contributed by atoms with Crippen LogP contribution < -0.4 is 10.6 Å². The third kappa shape index (κ3) is 19.9. The molecule has 0 aromatic rings. The summed E-state index contributed by atoms with van der Waals surface area (Å²) in [6.07, 6.45) is -0.554. The van der Waals surface area contributed by atoms with Gasteiger partial charge >= 0.3 is 29.9 Å². The van der Waals surface area contributed by atoms with E-state index in [1.54, 1.807) is 62.3 Å². The number of carbonyl (C=O) groups excluding carboxylic acids is 5. The van der Waals surface area contributed by atoms with Gasteiger partial charge in [0.05, 0.1) is 5.92 Å². The van der Waals surface area contributed by atoms with Crippen molar-refractivity contribution in [2.24, 2.45) is 11.3 Å². The van der Waals surface area contributed by atoms with E-state index in [2.05, 4.69) is 10.6 Å². The van der Waals surface area contributed by atoms with Crippen LogP contribution in [0.25, 0.3) is 0 Å². The Bertz CT molecular complexity index is 1010. The lowest BCUT2D eigenvalue weighted by Crippen LogP contribution is -2.53. The van der Waals surface area contributed by atoms with Crippen LogP contribution in [0.5, 0.6) is 0 Å². The Hall–Kier alpha value is -3.18. The van der Waals surface area contributed by atoms with Gasteiger partial charge in [0.15, 0.2) is 0 Å². The molecule has 0 aromatic carbocycles. The molecule has 0 bridgehead atoms. The predicted octanol–water partition coefficient (Wildman–Crippen LogP) is 5.09. The van der Waals surface area contributed by atoms with E-state index in [9.17, 15) is 33.9 Å². The molecular weight excluding hydrogens is 572 g/mol. The number of hydrogen-bond acceptors (Lipinski definition) is 9. The summed E-state index contributed by atoms with van der Waals surface area (Å²) in [5, 5.41) is 15.0. The van der Waals surface area contributed by atoms with Crippen molar-refractivity contribution in [1.82, 2.24) is 10.6 Å².